The molecule has 21 heavy (non-hydrogen) atoms. The zero-order valence-electron chi connectivity index (χ0n) is 12.9. The van der Waals surface area contributed by atoms with Crippen LogP contribution in [0, 0.1) is 12.3 Å². The lowest BCUT2D eigenvalue weighted by Gasteiger charge is -2.30. The van der Waals surface area contributed by atoms with Gasteiger partial charge in [-0.15, -0.1) is 0 Å². The quantitative estimate of drug-likeness (QED) is 0.741. The monoisotopic (exact) mass is 288 g/mol. The Kier molecular flexibility index (Phi) is 2.87. The molecule has 1 saturated heterocycles. The van der Waals surface area contributed by atoms with Gasteiger partial charge in [-0.05, 0) is 24.8 Å². The fraction of sp³-hybridized carbons (Fsp3) is 0.562. The van der Waals surface area contributed by atoms with E-state index in [1.165, 1.54) is 11.9 Å². The van der Waals surface area contributed by atoms with E-state index in [9.17, 15) is 14.4 Å². The van der Waals surface area contributed by atoms with Gasteiger partial charge in [0.2, 0.25) is 5.91 Å². The number of ketones is 1. The van der Waals surface area contributed by atoms with Crippen LogP contribution in [0.4, 0.5) is 0 Å². The third kappa shape index (κ3) is 2.03. The molecule has 0 bridgehead atoms. The van der Waals surface area contributed by atoms with Crippen LogP contribution in [0.5, 0.6) is 0 Å². The van der Waals surface area contributed by atoms with Crippen LogP contribution < -0.4 is 0 Å². The van der Waals surface area contributed by atoms with E-state index in [1.54, 1.807) is 0 Å². The first-order valence-corrected chi connectivity index (χ1v) is 7.25. The van der Waals surface area contributed by atoms with Gasteiger partial charge in [-0.3, -0.25) is 19.3 Å². The highest BCUT2D eigenvalue weighted by molar-refractivity contribution is 6.05. The Bertz CT molecular complexity index is 669. The molecule has 5 nitrogen and oxygen atoms in total. The van der Waals surface area contributed by atoms with Crippen molar-refractivity contribution in [3.05, 3.63) is 23.0 Å². The molecule has 1 aliphatic heterocycles. The molecule has 2 aliphatic rings. The Labute approximate surface area is 123 Å². The van der Waals surface area contributed by atoms with Gasteiger partial charge in [0.1, 0.15) is 6.04 Å². The van der Waals surface area contributed by atoms with E-state index >= 15 is 0 Å². The standard InChI is InChI=1S/C16H20N2O3/c1-9-5-10-12(7-16(2,3)8-13(10)19)18(9)11-6-14(20)17(4)15(11)21/h5,11H,6-8H2,1-4H3. The van der Waals surface area contributed by atoms with Crippen LogP contribution in [0.3, 0.4) is 0 Å². The second kappa shape index (κ2) is 4.29. The summed E-state index contributed by atoms with van der Waals surface area (Å²) in [6, 6.07) is 1.37. The maximum absolute atomic E-state index is 12.3. The first-order valence-electron chi connectivity index (χ1n) is 7.25. The van der Waals surface area contributed by atoms with E-state index in [0.717, 1.165) is 23.4 Å². The Balaban J connectivity index is 2.12. The number of Topliss-reactive ketones (excluding diaryl/α,β-unsaturated/α-hetero) is 1. The molecule has 1 aromatic rings. The summed E-state index contributed by atoms with van der Waals surface area (Å²) < 4.78 is 1.91. The van der Waals surface area contributed by atoms with E-state index < -0.39 is 6.04 Å². The molecule has 1 fully saturated rings. The van der Waals surface area contributed by atoms with E-state index in [0.29, 0.717) is 6.42 Å². The van der Waals surface area contributed by atoms with Crippen molar-refractivity contribution in [1.29, 1.82) is 0 Å². The molecular weight excluding hydrogens is 268 g/mol. The molecule has 2 amide bonds. The summed E-state index contributed by atoms with van der Waals surface area (Å²) in [6.07, 6.45) is 1.47. The average molecular weight is 288 g/mol. The number of rotatable bonds is 1. The van der Waals surface area contributed by atoms with Crippen LogP contribution in [-0.4, -0.2) is 34.1 Å². The maximum Gasteiger partial charge on any atom is 0.252 e. The minimum Gasteiger partial charge on any atom is -0.335 e. The van der Waals surface area contributed by atoms with Crippen LogP contribution in [0.1, 0.15) is 54.5 Å². The molecule has 1 aliphatic carbocycles. The molecule has 112 valence electrons. The lowest BCUT2D eigenvalue weighted by molar-refractivity contribution is -0.137. The zero-order valence-corrected chi connectivity index (χ0v) is 12.9. The van der Waals surface area contributed by atoms with Crippen molar-refractivity contribution in [1.82, 2.24) is 9.47 Å². The predicted octanol–water partition coefficient (Wildman–Crippen LogP) is 1.88. The number of hydrogen-bond donors (Lipinski definition) is 0. The molecule has 3 rings (SSSR count). The predicted molar refractivity (Wildman–Crippen MR) is 77.0 cm³/mol. The first kappa shape index (κ1) is 14.0. The number of fused-ring (bicyclic) bond motifs is 1. The van der Waals surface area contributed by atoms with Crippen LogP contribution >= 0.6 is 0 Å². The summed E-state index contributed by atoms with van der Waals surface area (Å²) in [6.45, 7) is 6.02. The van der Waals surface area contributed by atoms with Crippen LogP contribution in [-0.2, 0) is 16.0 Å². The van der Waals surface area contributed by atoms with Gasteiger partial charge < -0.3 is 4.57 Å². The van der Waals surface area contributed by atoms with Crippen molar-refractivity contribution in [3.8, 4) is 0 Å². The molecule has 1 aromatic heterocycles. The SMILES string of the molecule is Cc1cc2c(n1C1CC(=O)N(C)C1=O)CC(C)(C)CC2=O. The number of carbonyl (C=O) groups is 3. The Morgan fingerprint density at radius 2 is 1.86 bits per heavy atom. The molecule has 2 heterocycles. The smallest absolute Gasteiger partial charge is 0.252 e. The second-order valence-electron chi connectivity index (χ2n) is 6.97. The third-order valence-electron chi connectivity index (χ3n) is 4.59. The van der Waals surface area contributed by atoms with Crippen molar-refractivity contribution in [3.63, 3.8) is 0 Å². The summed E-state index contributed by atoms with van der Waals surface area (Å²) in [5, 5.41) is 0. The van der Waals surface area contributed by atoms with Crippen LogP contribution in [0.15, 0.2) is 6.07 Å². The number of amides is 2. The summed E-state index contributed by atoms with van der Waals surface area (Å²) >= 11 is 0. The van der Waals surface area contributed by atoms with Gasteiger partial charge in [-0.2, -0.15) is 0 Å². The van der Waals surface area contributed by atoms with Gasteiger partial charge in [0.25, 0.3) is 5.91 Å². The number of aromatic nitrogens is 1. The number of aryl methyl sites for hydroxylation is 1. The molecule has 0 N–H and O–H groups in total. The van der Waals surface area contributed by atoms with Crippen molar-refractivity contribution in [2.24, 2.45) is 5.41 Å². The second-order valence-corrected chi connectivity index (χ2v) is 6.97. The molecule has 1 atom stereocenters. The number of carbonyl (C=O) groups excluding carboxylic acids is 3. The Morgan fingerprint density at radius 3 is 2.43 bits per heavy atom. The molecule has 0 saturated carbocycles. The summed E-state index contributed by atoms with van der Waals surface area (Å²) in [5.74, 6) is -0.209. The first-order chi connectivity index (χ1) is 9.71. The zero-order chi connectivity index (χ0) is 15.5. The van der Waals surface area contributed by atoms with E-state index in [2.05, 4.69) is 13.8 Å². The van der Waals surface area contributed by atoms with Gasteiger partial charge in [-0.25, -0.2) is 0 Å². The Hall–Kier alpha value is -1.91. The highest BCUT2D eigenvalue weighted by atomic mass is 16.2. The van der Waals surface area contributed by atoms with Crippen LogP contribution in [0.2, 0.25) is 0 Å². The van der Waals surface area contributed by atoms with Gasteiger partial charge in [0.15, 0.2) is 5.78 Å². The normalized spacial score (nSPS) is 24.7. The fourth-order valence-corrected chi connectivity index (χ4v) is 3.54. The van der Waals surface area contributed by atoms with Crippen LogP contribution in [0.25, 0.3) is 0 Å². The van der Waals surface area contributed by atoms with E-state index in [4.69, 9.17) is 0 Å². The summed E-state index contributed by atoms with van der Waals surface area (Å²) in [4.78, 5) is 37.6. The minimum absolute atomic E-state index is 0.107. The number of imide groups is 1. The number of nitrogens with zero attached hydrogens (tertiary/aromatic N) is 2. The van der Waals surface area contributed by atoms with Gasteiger partial charge in [-0.1, -0.05) is 13.8 Å². The lowest BCUT2D eigenvalue weighted by Crippen LogP contribution is -2.31. The van der Waals surface area contributed by atoms with E-state index in [1.807, 2.05) is 17.6 Å². The highest BCUT2D eigenvalue weighted by Crippen LogP contribution is 2.39. The molecule has 5 heteroatoms. The minimum atomic E-state index is -0.493. The van der Waals surface area contributed by atoms with Gasteiger partial charge >= 0.3 is 0 Å². The van der Waals surface area contributed by atoms with Gasteiger partial charge in [0.05, 0.1) is 6.42 Å². The molecule has 0 spiro atoms. The third-order valence-corrected chi connectivity index (χ3v) is 4.59. The number of likely N-dealkylation sites (N-methyl/N-ethyl adjacent to an activating group) is 1. The lowest BCUT2D eigenvalue weighted by atomic mass is 9.76. The molecule has 0 aromatic carbocycles. The van der Waals surface area contributed by atoms with Crippen molar-refractivity contribution >= 4 is 17.6 Å². The average Bonchev–Trinajstić information content (AvgIpc) is 2.80. The van der Waals surface area contributed by atoms with E-state index in [-0.39, 0.29) is 29.4 Å². The summed E-state index contributed by atoms with van der Waals surface area (Å²) in [5.41, 5.74) is 2.41. The Morgan fingerprint density at radius 1 is 1.19 bits per heavy atom. The van der Waals surface area contributed by atoms with Crippen molar-refractivity contribution in [2.75, 3.05) is 7.05 Å². The topological polar surface area (TPSA) is 59.4 Å². The summed E-state index contributed by atoms with van der Waals surface area (Å²) in [7, 11) is 1.52. The largest absolute Gasteiger partial charge is 0.335 e. The fourth-order valence-electron chi connectivity index (χ4n) is 3.54. The molecular formula is C16H20N2O3. The van der Waals surface area contributed by atoms with Crippen molar-refractivity contribution in [2.45, 2.75) is 46.1 Å². The highest BCUT2D eigenvalue weighted by Gasteiger charge is 2.41. The van der Waals surface area contributed by atoms with Gasteiger partial charge in [0, 0.05) is 30.4 Å². The molecule has 1 unspecified atom stereocenters. The van der Waals surface area contributed by atoms with Crippen molar-refractivity contribution < 1.29 is 14.4 Å². The number of likely N-dealkylation sites (tertiary alicyclic amines) is 1. The maximum atomic E-state index is 12.3. The molecule has 0 radical (unpaired) electrons. The number of hydrogen-bond acceptors (Lipinski definition) is 3.